The van der Waals surface area contributed by atoms with Gasteiger partial charge in [-0.2, -0.15) is 0 Å². The van der Waals surface area contributed by atoms with E-state index in [2.05, 4.69) is 6.92 Å². The summed E-state index contributed by atoms with van der Waals surface area (Å²) in [7, 11) is 0. The van der Waals surface area contributed by atoms with Crippen molar-refractivity contribution in [3.8, 4) is 0 Å². The molecule has 0 rings (SSSR count). The van der Waals surface area contributed by atoms with Crippen LogP contribution in [-0.4, -0.2) is 18.5 Å². The second-order valence-electron chi connectivity index (χ2n) is 4.26. The summed E-state index contributed by atoms with van der Waals surface area (Å²) in [5.74, 6) is 0.449. The van der Waals surface area contributed by atoms with Crippen LogP contribution in [0.5, 0.6) is 0 Å². The highest BCUT2D eigenvalue weighted by Gasteiger charge is 2.10. The number of carbonyl (C=O) groups is 1. The molecule has 0 radical (unpaired) electrons. The van der Waals surface area contributed by atoms with Gasteiger partial charge in [-0.05, 0) is 33.1 Å². The molecule has 0 heterocycles. The maximum absolute atomic E-state index is 10.1. The molecule has 0 aliphatic carbocycles. The normalized spacial score (nSPS) is 14.3. The van der Waals surface area contributed by atoms with Gasteiger partial charge in [0, 0.05) is 13.0 Å². The molecule has 0 aromatic carbocycles. The molecule has 1 unspecified atom stereocenters. The first kappa shape index (κ1) is 11.6. The van der Waals surface area contributed by atoms with E-state index in [0.29, 0.717) is 12.3 Å². The third kappa shape index (κ3) is 7.73. The Morgan fingerprint density at radius 2 is 2.00 bits per heavy atom. The molecular weight excluding hydrogens is 152 g/mol. The molecule has 0 aromatic rings. The van der Waals surface area contributed by atoms with Crippen LogP contribution in [0, 0.1) is 5.92 Å². The molecule has 0 aliphatic rings. The zero-order valence-corrected chi connectivity index (χ0v) is 8.59. The number of rotatable bonds is 5. The molecule has 2 heteroatoms. The first-order chi connectivity index (χ1) is 5.45. The molecule has 0 aromatic heterocycles. The minimum absolute atomic E-state index is 0.0547. The van der Waals surface area contributed by atoms with E-state index in [4.69, 9.17) is 4.74 Å². The highest BCUT2D eigenvalue weighted by atomic mass is 16.5. The maximum atomic E-state index is 10.1. The van der Waals surface area contributed by atoms with Crippen molar-refractivity contribution in [2.24, 2.45) is 5.92 Å². The summed E-state index contributed by atoms with van der Waals surface area (Å²) < 4.78 is 5.53. The zero-order chi connectivity index (χ0) is 9.61. The van der Waals surface area contributed by atoms with Crippen molar-refractivity contribution in [1.29, 1.82) is 0 Å². The van der Waals surface area contributed by atoms with Crippen LogP contribution in [0.3, 0.4) is 0 Å². The quantitative estimate of drug-likeness (QED) is 0.595. The van der Waals surface area contributed by atoms with E-state index < -0.39 is 0 Å². The Kier molecular flexibility index (Phi) is 5.14. The summed E-state index contributed by atoms with van der Waals surface area (Å²) in [5.41, 5.74) is -0.0547. The number of ether oxygens (including phenoxy) is 1. The van der Waals surface area contributed by atoms with Gasteiger partial charge >= 0.3 is 0 Å². The number of aldehydes is 1. The number of carbonyl (C=O) groups excluding carboxylic acids is 1. The Hall–Kier alpha value is -0.370. The number of hydrogen-bond acceptors (Lipinski definition) is 2. The van der Waals surface area contributed by atoms with Crippen molar-refractivity contribution in [3.05, 3.63) is 0 Å². The summed E-state index contributed by atoms with van der Waals surface area (Å²) in [6.07, 6.45) is 2.59. The third-order valence-corrected chi connectivity index (χ3v) is 1.64. The summed E-state index contributed by atoms with van der Waals surface area (Å²) in [5, 5.41) is 0. The van der Waals surface area contributed by atoms with Crippen LogP contribution in [-0.2, 0) is 9.53 Å². The largest absolute Gasteiger partial charge is 0.376 e. The average molecular weight is 172 g/mol. The van der Waals surface area contributed by atoms with E-state index in [1.54, 1.807) is 0 Å². The minimum Gasteiger partial charge on any atom is -0.376 e. The van der Waals surface area contributed by atoms with Gasteiger partial charge in [-0.1, -0.05) is 6.92 Å². The zero-order valence-electron chi connectivity index (χ0n) is 8.59. The summed E-state index contributed by atoms with van der Waals surface area (Å²) in [4.78, 5) is 10.1. The van der Waals surface area contributed by atoms with Gasteiger partial charge in [0.05, 0.1) is 5.60 Å². The van der Waals surface area contributed by atoms with Crippen molar-refractivity contribution < 1.29 is 9.53 Å². The standard InChI is InChI=1S/C10H20O2/c1-9(5-7-11)6-8-12-10(2,3)4/h7,9H,5-6,8H2,1-4H3. The Morgan fingerprint density at radius 1 is 1.42 bits per heavy atom. The maximum Gasteiger partial charge on any atom is 0.120 e. The predicted octanol–water partition coefficient (Wildman–Crippen LogP) is 2.42. The van der Waals surface area contributed by atoms with E-state index in [1.807, 2.05) is 20.8 Å². The predicted molar refractivity (Wildman–Crippen MR) is 50.2 cm³/mol. The average Bonchev–Trinajstić information content (AvgIpc) is 1.84. The molecule has 0 aliphatic heterocycles. The highest BCUT2D eigenvalue weighted by Crippen LogP contribution is 2.11. The smallest absolute Gasteiger partial charge is 0.120 e. The number of hydrogen-bond donors (Lipinski definition) is 0. The van der Waals surface area contributed by atoms with Gasteiger partial charge in [-0.25, -0.2) is 0 Å². The second kappa shape index (κ2) is 5.31. The fourth-order valence-electron chi connectivity index (χ4n) is 0.848. The van der Waals surface area contributed by atoms with E-state index in [-0.39, 0.29) is 5.60 Å². The first-order valence-electron chi connectivity index (χ1n) is 4.53. The lowest BCUT2D eigenvalue weighted by Gasteiger charge is -2.20. The van der Waals surface area contributed by atoms with Crippen LogP contribution in [0.25, 0.3) is 0 Å². The molecule has 0 N–H and O–H groups in total. The Morgan fingerprint density at radius 3 is 2.42 bits per heavy atom. The van der Waals surface area contributed by atoms with Gasteiger partial charge in [0.25, 0.3) is 0 Å². The molecule has 1 atom stereocenters. The molecule has 12 heavy (non-hydrogen) atoms. The summed E-state index contributed by atoms with van der Waals surface area (Å²) >= 11 is 0. The summed E-state index contributed by atoms with van der Waals surface area (Å²) in [6.45, 7) is 8.94. The van der Waals surface area contributed by atoms with Crippen molar-refractivity contribution in [2.75, 3.05) is 6.61 Å². The third-order valence-electron chi connectivity index (χ3n) is 1.64. The van der Waals surface area contributed by atoms with E-state index >= 15 is 0 Å². The molecule has 0 saturated heterocycles. The van der Waals surface area contributed by atoms with Crippen LogP contribution in [0.15, 0.2) is 0 Å². The van der Waals surface area contributed by atoms with Crippen molar-refractivity contribution in [3.63, 3.8) is 0 Å². The van der Waals surface area contributed by atoms with E-state index in [0.717, 1.165) is 19.3 Å². The topological polar surface area (TPSA) is 26.3 Å². The molecule has 72 valence electrons. The Bertz CT molecular complexity index is 124. The second-order valence-corrected chi connectivity index (χ2v) is 4.26. The van der Waals surface area contributed by atoms with Crippen molar-refractivity contribution in [1.82, 2.24) is 0 Å². The molecule has 0 saturated carbocycles. The van der Waals surface area contributed by atoms with E-state index in [1.165, 1.54) is 0 Å². The van der Waals surface area contributed by atoms with Gasteiger partial charge in [0.2, 0.25) is 0 Å². The fourth-order valence-corrected chi connectivity index (χ4v) is 0.848. The van der Waals surface area contributed by atoms with Gasteiger partial charge in [0.1, 0.15) is 6.29 Å². The van der Waals surface area contributed by atoms with Gasteiger partial charge in [-0.3, -0.25) is 0 Å². The highest BCUT2D eigenvalue weighted by molar-refractivity contribution is 5.49. The van der Waals surface area contributed by atoms with Crippen LogP contribution in [0.4, 0.5) is 0 Å². The van der Waals surface area contributed by atoms with Gasteiger partial charge in [-0.15, -0.1) is 0 Å². The monoisotopic (exact) mass is 172 g/mol. The Labute approximate surface area is 75.3 Å². The van der Waals surface area contributed by atoms with Crippen LogP contribution in [0.1, 0.15) is 40.5 Å². The van der Waals surface area contributed by atoms with Crippen LogP contribution < -0.4 is 0 Å². The van der Waals surface area contributed by atoms with Gasteiger partial charge in [0.15, 0.2) is 0 Å². The molecule has 2 nitrogen and oxygen atoms in total. The van der Waals surface area contributed by atoms with E-state index in [9.17, 15) is 4.79 Å². The van der Waals surface area contributed by atoms with Crippen LogP contribution >= 0.6 is 0 Å². The van der Waals surface area contributed by atoms with Crippen LogP contribution in [0.2, 0.25) is 0 Å². The molecule has 0 bridgehead atoms. The SMILES string of the molecule is CC(CC=O)CCOC(C)(C)C. The van der Waals surface area contributed by atoms with Gasteiger partial charge < -0.3 is 9.53 Å². The molecular formula is C10H20O2. The lowest BCUT2D eigenvalue weighted by molar-refractivity contribution is -0.108. The lowest BCUT2D eigenvalue weighted by Crippen LogP contribution is -2.20. The van der Waals surface area contributed by atoms with Crippen molar-refractivity contribution in [2.45, 2.75) is 46.1 Å². The Balaban J connectivity index is 3.36. The molecule has 0 spiro atoms. The minimum atomic E-state index is -0.0547. The molecule has 0 fully saturated rings. The fraction of sp³-hybridized carbons (Fsp3) is 0.900. The summed E-state index contributed by atoms with van der Waals surface area (Å²) in [6, 6.07) is 0. The molecule has 0 amide bonds. The van der Waals surface area contributed by atoms with Crippen molar-refractivity contribution >= 4 is 6.29 Å². The first-order valence-corrected chi connectivity index (χ1v) is 4.53. The lowest BCUT2D eigenvalue weighted by atomic mass is 10.1.